The van der Waals surface area contributed by atoms with Crippen molar-refractivity contribution in [1.82, 2.24) is 5.32 Å². The average molecular weight is 481 g/mol. The van der Waals surface area contributed by atoms with Gasteiger partial charge >= 0.3 is 0 Å². The number of para-hydroxylation sites is 1. The van der Waals surface area contributed by atoms with Crippen molar-refractivity contribution < 1.29 is 17.9 Å². The molecule has 0 saturated heterocycles. The maximum atomic E-state index is 13.6. The smallest absolute Gasteiger partial charge is 0.264 e. The minimum Gasteiger partial charge on any atom is -0.494 e. The molecule has 0 aliphatic heterocycles. The highest BCUT2D eigenvalue weighted by Gasteiger charge is 2.28. The Morgan fingerprint density at radius 2 is 1.50 bits per heavy atom. The largest absolute Gasteiger partial charge is 0.494 e. The lowest BCUT2D eigenvalue weighted by Gasteiger charge is -2.26. The Hall–Kier alpha value is -3.32. The molecule has 1 amide bonds. The lowest BCUT2D eigenvalue weighted by atomic mass is 9.97. The molecular formula is C27H32N2O4S. The van der Waals surface area contributed by atoms with E-state index in [1.807, 2.05) is 37.3 Å². The number of rotatable bonds is 11. The van der Waals surface area contributed by atoms with Crippen LogP contribution in [0.2, 0.25) is 0 Å². The number of carbonyl (C=O) groups excluding carboxylic acids is 1. The van der Waals surface area contributed by atoms with Crippen LogP contribution in [0.15, 0.2) is 89.8 Å². The van der Waals surface area contributed by atoms with Crippen LogP contribution >= 0.6 is 0 Å². The quantitative estimate of drug-likeness (QED) is 0.410. The Labute approximate surface area is 202 Å². The monoisotopic (exact) mass is 480 g/mol. The van der Waals surface area contributed by atoms with Gasteiger partial charge in [0.05, 0.1) is 23.2 Å². The summed E-state index contributed by atoms with van der Waals surface area (Å²) in [5, 5.41) is 3.05. The van der Waals surface area contributed by atoms with Crippen LogP contribution in [0.25, 0.3) is 0 Å². The molecule has 3 aromatic rings. The van der Waals surface area contributed by atoms with Crippen LogP contribution in [0.1, 0.15) is 38.8 Å². The molecule has 1 N–H and O–H groups in total. The summed E-state index contributed by atoms with van der Waals surface area (Å²) in [7, 11) is -3.99. The maximum absolute atomic E-state index is 13.6. The summed E-state index contributed by atoms with van der Waals surface area (Å²) in [6, 6.07) is 24.4. The first-order valence-electron chi connectivity index (χ1n) is 11.5. The first kappa shape index (κ1) is 25.3. The molecule has 180 valence electrons. The van der Waals surface area contributed by atoms with Crippen LogP contribution in [-0.4, -0.2) is 27.5 Å². The predicted octanol–water partition coefficient (Wildman–Crippen LogP) is 5.18. The molecule has 6 nitrogen and oxygen atoms in total. The van der Waals surface area contributed by atoms with Crippen LogP contribution in [-0.2, 0) is 14.8 Å². The lowest BCUT2D eigenvalue weighted by molar-refractivity contribution is -0.120. The van der Waals surface area contributed by atoms with Gasteiger partial charge in [-0.2, -0.15) is 0 Å². The molecule has 3 rings (SSSR count). The zero-order valence-electron chi connectivity index (χ0n) is 19.8. The standard InChI is InChI=1S/C27H32N2O4S/c1-4-33-24-15-17-25(18-16-24)34(31,32)29(23-13-9-6-10-14-23)20-27(30)28-26(19-21(2)3)22-11-7-5-8-12-22/h5-18,21,26H,4,19-20H2,1-3H3,(H,28,30)/t26-/m1/s1. The van der Waals surface area contributed by atoms with Gasteiger partial charge in [-0.1, -0.05) is 62.4 Å². The third-order valence-electron chi connectivity index (χ3n) is 5.30. The summed E-state index contributed by atoms with van der Waals surface area (Å²) in [5.74, 6) is 0.570. The lowest BCUT2D eigenvalue weighted by Crippen LogP contribution is -2.42. The van der Waals surface area contributed by atoms with Gasteiger partial charge in [-0.3, -0.25) is 9.10 Å². The van der Waals surface area contributed by atoms with Crippen molar-refractivity contribution in [2.75, 3.05) is 17.5 Å². The predicted molar refractivity (Wildman–Crippen MR) is 135 cm³/mol. The highest BCUT2D eigenvalue weighted by Crippen LogP contribution is 2.26. The highest BCUT2D eigenvalue weighted by atomic mass is 32.2. The van der Waals surface area contributed by atoms with E-state index in [0.29, 0.717) is 24.0 Å². The van der Waals surface area contributed by atoms with E-state index in [0.717, 1.165) is 16.3 Å². The fraction of sp³-hybridized carbons (Fsp3) is 0.296. The molecule has 34 heavy (non-hydrogen) atoms. The van der Waals surface area contributed by atoms with Crippen LogP contribution in [0.4, 0.5) is 5.69 Å². The molecule has 0 bridgehead atoms. The molecule has 0 spiro atoms. The third kappa shape index (κ3) is 6.60. The van der Waals surface area contributed by atoms with E-state index < -0.39 is 10.0 Å². The van der Waals surface area contributed by atoms with Gasteiger partial charge < -0.3 is 10.1 Å². The van der Waals surface area contributed by atoms with Crippen LogP contribution < -0.4 is 14.4 Å². The molecule has 3 aromatic carbocycles. The van der Waals surface area contributed by atoms with Crippen molar-refractivity contribution in [3.05, 3.63) is 90.5 Å². The van der Waals surface area contributed by atoms with Crippen molar-refractivity contribution in [2.24, 2.45) is 5.92 Å². The summed E-state index contributed by atoms with van der Waals surface area (Å²) in [5.41, 5.74) is 1.41. The summed E-state index contributed by atoms with van der Waals surface area (Å²) < 4.78 is 33.7. The number of nitrogens with zero attached hydrogens (tertiary/aromatic N) is 1. The van der Waals surface area contributed by atoms with Gasteiger partial charge in [-0.25, -0.2) is 8.42 Å². The summed E-state index contributed by atoms with van der Waals surface area (Å²) in [6.07, 6.45) is 0.743. The zero-order chi connectivity index (χ0) is 24.6. The normalized spacial score (nSPS) is 12.2. The average Bonchev–Trinajstić information content (AvgIpc) is 2.83. The van der Waals surface area contributed by atoms with E-state index >= 15 is 0 Å². The molecule has 0 radical (unpaired) electrons. The number of hydrogen-bond donors (Lipinski definition) is 1. The molecule has 0 aliphatic rings. The molecule has 0 fully saturated rings. The second-order valence-corrected chi connectivity index (χ2v) is 10.3. The minimum absolute atomic E-state index is 0.0920. The Balaban J connectivity index is 1.88. The number of sulfonamides is 1. The first-order chi connectivity index (χ1) is 16.3. The van der Waals surface area contributed by atoms with Crippen molar-refractivity contribution in [3.63, 3.8) is 0 Å². The van der Waals surface area contributed by atoms with E-state index in [1.165, 1.54) is 12.1 Å². The fourth-order valence-electron chi connectivity index (χ4n) is 3.72. The van der Waals surface area contributed by atoms with E-state index in [-0.39, 0.29) is 23.4 Å². The van der Waals surface area contributed by atoms with Gasteiger partial charge in [0.1, 0.15) is 12.3 Å². The summed E-state index contributed by atoms with van der Waals surface area (Å²) in [6.45, 7) is 6.20. The first-order valence-corrected chi connectivity index (χ1v) is 12.9. The Bertz CT molecular complexity index is 1150. The van der Waals surface area contributed by atoms with E-state index in [2.05, 4.69) is 19.2 Å². The second kappa shape index (κ2) is 11.7. The Morgan fingerprint density at radius 3 is 2.06 bits per heavy atom. The van der Waals surface area contributed by atoms with Crippen molar-refractivity contribution in [2.45, 2.75) is 38.1 Å². The number of amides is 1. The molecule has 0 heterocycles. The topological polar surface area (TPSA) is 75.7 Å². The molecule has 0 aromatic heterocycles. The number of carbonyl (C=O) groups is 1. The van der Waals surface area contributed by atoms with Gasteiger partial charge in [0.25, 0.3) is 10.0 Å². The minimum atomic E-state index is -3.99. The van der Waals surface area contributed by atoms with Gasteiger partial charge in [-0.15, -0.1) is 0 Å². The van der Waals surface area contributed by atoms with Crippen molar-refractivity contribution >= 4 is 21.6 Å². The number of nitrogens with one attached hydrogen (secondary N) is 1. The fourth-order valence-corrected chi connectivity index (χ4v) is 5.14. The Morgan fingerprint density at radius 1 is 0.912 bits per heavy atom. The number of benzene rings is 3. The third-order valence-corrected chi connectivity index (χ3v) is 7.09. The summed E-state index contributed by atoms with van der Waals surface area (Å²) in [4.78, 5) is 13.3. The van der Waals surface area contributed by atoms with E-state index in [9.17, 15) is 13.2 Å². The van der Waals surface area contributed by atoms with E-state index in [4.69, 9.17) is 4.74 Å². The molecule has 0 unspecified atom stereocenters. The molecular weight excluding hydrogens is 448 g/mol. The van der Waals surface area contributed by atoms with Gasteiger partial charge in [0.15, 0.2) is 0 Å². The number of ether oxygens (including phenoxy) is 1. The second-order valence-electron chi connectivity index (χ2n) is 8.41. The van der Waals surface area contributed by atoms with Gasteiger partial charge in [-0.05, 0) is 61.2 Å². The number of anilines is 1. The molecule has 7 heteroatoms. The van der Waals surface area contributed by atoms with Crippen LogP contribution in [0.5, 0.6) is 5.75 Å². The van der Waals surface area contributed by atoms with Crippen LogP contribution in [0.3, 0.4) is 0 Å². The highest BCUT2D eigenvalue weighted by molar-refractivity contribution is 7.92. The van der Waals surface area contributed by atoms with Crippen LogP contribution in [0, 0.1) is 5.92 Å². The Kier molecular flexibility index (Phi) is 8.71. The van der Waals surface area contributed by atoms with E-state index in [1.54, 1.807) is 42.5 Å². The maximum Gasteiger partial charge on any atom is 0.264 e. The van der Waals surface area contributed by atoms with Gasteiger partial charge in [0.2, 0.25) is 5.91 Å². The van der Waals surface area contributed by atoms with Crippen molar-refractivity contribution in [1.29, 1.82) is 0 Å². The molecule has 1 atom stereocenters. The molecule has 0 saturated carbocycles. The van der Waals surface area contributed by atoms with Gasteiger partial charge in [0, 0.05) is 0 Å². The number of hydrogen-bond acceptors (Lipinski definition) is 4. The zero-order valence-corrected chi connectivity index (χ0v) is 20.7. The van der Waals surface area contributed by atoms with Crippen molar-refractivity contribution in [3.8, 4) is 5.75 Å². The summed E-state index contributed by atoms with van der Waals surface area (Å²) >= 11 is 0. The molecule has 0 aliphatic carbocycles. The SMILES string of the molecule is CCOc1ccc(S(=O)(=O)N(CC(=O)N[C@H](CC(C)C)c2ccccc2)c2ccccc2)cc1.